The Bertz CT molecular complexity index is 1500. The molecule has 0 heterocycles. The van der Waals surface area contributed by atoms with Crippen LogP contribution in [-0.2, 0) is 14.3 Å². The average Bonchev–Trinajstić information content (AvgIpc) is 3.26. The van der Waals surface area contributed by atoms with Gasteiger partial charge in [-0.15, -0.1) is 0 Å². The van der Waals surface area contributed by atoms with Crippen LogP contribution in [0.2, 0.25) is 0 Å². The SMILES string of the molecule is CC.CC.CC.CC1CCC(OCOc2ccc(OC(=O)C3CCC(C)CC3)cc2)CC1.Cc1ccc(OCOc2ccc(OC(=O)C3CCC(C)CC3)cc2)cc1.[HH].[HH].[HH]. The van der Waals surface area contributed by atoms with Gasteiger partial charge < -0.3 is 28.4 Å². The van der Waals surface area contributed by atoms with Gasteiger partial charge in [-0.2, -0.15) is 0 Å². The molecule has 0 atom stereocenters. The Kier molecular flexibility index (Phi) is 25.2. The van der Waals surface area contributed by atoms with Crippen molar-refractivity contribution >= 4 is 11.9 Å². The molecule has 0 radical (unpaired) electrons. The molecule has 8 heteroatoms. The second-order valence-corrected chi connectivity index (χ2v) is 15.2. The van der Waals surface area contributed by atoms with E-state index in [-0.39, 0.29) is 41.6 Å². The molecule has 0 spiro atoms. The van der Waals surface area contributed by atoms with E-state index in [1.807, 2.05) is 84.9 Å². The highest BCUT2D eigenvalue weighted by atomic mass is 16.7. The lowest BCUT2D eigenvalue weighted by molar-refractivity contribution is -0.141. The van der Waals surface area contributed by atoms with Crippen molar-refractivity contribution in [1.82, 2.24) is 0 Å². The number of benzene rings is 3. The lowest BCUT2D eigenvalue weighted by Gasteiger charge is -2.26. The molecule has 8 nitrogen and oxygen atoms in total. The molecule has 3 aliphatic carbocycles. The molecule has 0 N–H and O–H groups in total. The van der Waals surface area contributed by atoms with Crippen molar-refractivity contribution in [3.63, 3.8) is 0 Å². The van der Waals surface area contributed by atoms with Crippen molar-refractivity contribution < 1.29 is 42.3 Å². The maximum atomic E-state index is 12.3. The molecule has 330 valence electrons. The summed E-state index contributed by atoms with van der Waals surface area (Å²) in [6.07, 6.45) is 13.2. The van der Waals surface area contributed by atoms with Crippen molar-refractivity contribution in [2.45, 2.75) is 152 Å². The zero-order chi connectivity index (χ0) is 42.7. The first-order valence-corrected chi connectivity index (χ1v) is 22.4. The summed E-state index contributed by atoms with van der Waals surface area (Å²) in [5.74, 6) is 5.46. The first-order valence-electron chi connectivity index (χ1n) is 22.4. The smallest absolute Gasteiger partial charge is 0.314 e. The van der Waals surface area contributed by atoms with E-state index in [0.717, 1.165) is 93.5 Å². The van der Waals surface area contributed by atoms with Gasteiger partial charge in [0.25, 0.3) is 0 Å². The van der Waals surface area contributed by atoms with Gasteiger partial charge in [0.15, 0.2) is 6.79 Å². The van der Waals surface area contributed by atoms with Crippen molar-refractivity contribution in [3.8, 4) is 28.7 Å². The molecule has 3 aromatic rings. The van der Waals surface area contributed by atoms with Crippen LogP contribution in [0.4, 0.5) is 0 Å². The van der Waals surface area contributed by atoms with E-state index in [1.165, 1.54) is 18.4 Å². The van der Waals surface area contributed by atoms with Crippen LogP contribution in [-0.4, -0.2) is 31.6 Å². The maximum absolute atomic E-state index is 12.3. The van der Waals surface area contributed by atoms with Crippen molar-refractivity contribution in [2.75, 3.05) is 13.6 Å². The molecule has 0 unspecified atom stereocenters. The van der Waals surface area contributed by atoms with Gasteiger partial charge in [0, 0.05) is 4.28 Å². The molecule has 3 fully saturated rings. The van der Waals surface area contributed by atoms with Gasteiger partial charge in [0.2, 0.25) is 6.79 Å². The molecule has 3 saturated carbocycles. The molecule has 0 bridgehead atoms. The van der Waals surface area contributed by atoms with Crippen LogP contribution < -0.4 is 23.7 Å². The Morgan fingerprint density at radius 3 is 1.10 bits per heavy atom. The molecule has 58 heavy (non-hydrogen) atoms. The Morgan fingerprint density at radius 2 is 0.741 bits per heavy atom. The van der Waals surface area contributed by atoms with E-state index >= 15 is 0 Å². The Labute approximate surface area is 356 Å². The fourth-order valence-corrected chi connectivity index (χ4v) is 6.99. The van der Waals surface area contributed by atoms with E-state index in [9.17, 15) is 9.59 Å². The number of hydrogen-bond donors (Lipinski definition) is 0. The molecule has 0 aromatic heterocycles. The molecular weight excluding hydrogens is 729 g/mol. The lowest BCUT2D eigenvalue weighted by Crippen LogP contribution is -2.24. The highest BCUT2D eigenvalue weighted by molar-refractivity contribution is 5.75. The quantitative estimate of drug-likeness (QED) is 0.101. The summed E-state index contributed by atoms with van der Waals surface area (Å²) in [7, 11) is 0. The van der Waals surface area contributed by atoms with Crippen LogP contribution in [0.3, 0.4) is 0 Å². The van der Waals surface area contributed by atoms with Crippen molar-refractivity contribution in [3.05, 3.63) is 78.4 Å². The highest BCUT2D eigenvalue weighted by Gasteiger charge is 2.27. The van der Waals surface area contributed by atoms with E-state index in [0.29, 0.717) is 23.4 Å². The van der Waals surface area contributed by atoms with E-state index in [4.69, 9.17) is 28.4 Å². The molecule has 3 aromatic carbocycles. The maximum Gasteiger partial charge on any atom is 0.314 e. The van der Waals surface area contributed by atoms with Crippen LogP contribution >= 0.6 is 0 Å². The number of esters is 2. The molecule has 0 aliphatic heterocycles. The number of carbonyl (C=O) groups is 2. The molecule has 0 saturated heterocycles. The van der Waals surface area contributed by atoms with Gasteiger partial charge in [-0.1, -0.05) is 80.0 Å². The summed E-state index contributed by atoms with van der Waals surface area (Å²) in [6.45, 7) is 21.2. The average molecular weight is 811 g/mol. The van der Waals surface area contributed by atoms with E-state index in [2.05, 4.69) is 20.8 Å². The summed E-state index contributed by atoms with van der Waals surface area (Å²) in [5, 5.41) is 0. The fraction of sp³-hybridized carbons (Fsp3) is 0.600. The van der Waals surface area contributed by atoms with E-state index in [1.54, 1.807) is 36.4 Å². The van der Waals surface area contributed by atoms with Gasteiger partial charge in [-0.25, -0.2) is 0 Å². The summed E-state index contributed by atoms with van der Waals surface area (Å²) < 4.78 is 33.6. The topological polar surface area (TPSA) is 89.5 Å². The third-order valence-corrected chi connectivity index (χ3v) is 10.7. The first kappa shape index (κ1) is 50.1. The molecule has 3 aliphatic rings. The van der Waals surface area contributed by atoms with Gasteiger partial charge in [-0.3, -0.25) is 9.59 Å². The van der Waals surface area contributed by atoms with Crippen LogP contribution in [0.15, 0.2) is 72.8 Å². The predicted octanol–water partition coefficient (Wildman–Crippen LogP) is 14.3. The molecule has 0 amide bonds. The molecule has 6 rings (SSSR count). The number of ether oxygens (including phenoxy) is 6. The van der Waals surface area contributed by atoms with Gasteiger partial charge in [-0.05, 0) is 162 Å². The number of carbonyl (C=O) groups excluding carboxylic acids is 2. The highest BCUT2D eigenvalue weighted by Crippen LogP contribution is 2.31. The van der Waals surface area contributed by atoms with Gasteiger partial charge in [0.1, 0.15) is 28.7 Å². The summed E-state index contributed by atoms with van der Waals surface area (Å²) in [4.78, 5) is 24.5. The van der Waals surface area contributed by atoms with Crippen molar-refractivity contribution in [2.24, 2.45) is 29.6 Å². The predicted molar refractivity (Wildman–Crippen MR) is 242 cm³/mol. The second-order valence-electron chi connectivity index (χ2n) is 15.2. The summed E-state index contributed by atoms with van der Waals surface area (Å²) in [5.41, 5.74) is 1.19. The minimum Gasteiger partial charge on any atom is -0.468 e. The van der Waals surface area contributed by atoms with Crippen LogP contribution in [0, 0.1) is 36.5 Å². The first-order chi connectivity index (χ1) is 28.2. The Morgan fingerprint density at radius 1 is 0.448 bits per heavy atom. The minimum absolute atomic E-state index is 0. The molecular formula is C50H82O8. The second kappa shape index (κ2) is 29.2. The summed E-state index contributed by atoms with van der Waals surface area (Å²) in [6, 6.07) is 22.1. The van der Waals surface area contributed by atoms with Crippen LogP contribution in [0.25, 0.3) is 0 Å². The summed E-state index contributed by atoms with van der Waals surface area (Å²) >= 11 is 0. The third kappa shape index (κ3) is 19.1. The Hall–Kier alpha value is -4.04. The van der Waals surface area contributed by atoms with E-state index < -0.39 is 0 Å². The minimum atomic E-state index is -0.117. The van der Waals surface area contributed by atoms with Gasteiger partial charge >= 0.3 is 11.9 Å². The fourth-order valence-electron chi connectivity index (χ4n) is 6.99. The third-order valence-electron chi connectivity index (χ3n) is 10.7. The van der Waals surface area contributed by atoms with Crippen molar-refractivity contribution in [1.29, 1.82) is 0 Å². The monoisotopic (exact) mass is 811 g/mol. The largest absolute Gasteiger partial charge is 0.468 e. The lowest BCUT2D eigenvalue weighted by atomic mass is 9.83. The standard InChI is InChI=1S/C22H32O4.C22H26O4.3C2H6.3H2/c2*1-16-3-7-18(8-4-16)22(23)26-21-13-11-20(12-14-21)25-15-24-19-9-5-17(2)6-10-19;3*1-2;;;/h11-14,16-19H,3-10,15H2,1-2H3;5-6,9-14,16,18H,3-4,7-8,15H2,1-2H3;3*1-2H3;3*1H. The van der Waals surface area contributed by atoms with Crippen LogP contribution in [0.1, 0.15) is 149 Å². The zero-order valence-electron chi connectivity index (χ0n) is 37.6. The normalized spacial score (nSPS) is 22.2. The van der Waals surface area contributed by atoms with Gasteiger partial charge in [0.05, 0.1) is 17.9 Å². The Balaban J connectivity index is 0. The zero-order valence-corrected chi connectivity index (χ0v) is 37.6. The number of hydrogen-bond acceptors (Lipinski definition) is 8. The number of rotatable bonds is 12. The number of aryl methyl sites for hydroxylation is 1. The van der Waals surface area contributed by atoms with Crippen LogP contribution in [0.5, 0.6) is 28.7 Å².